The molecule has 0 bridgehead atoms. The zero-order valence-corrected chi connectivity index (χ0v) is 14.4. The van der Waals surface area contributed by atoms with Crippen molar-refractivity contribution in [3.63, 3.8) is 0 Å². The van der Waals surface area contributed by atoms with E-state index < -0.39 is 0 Å². The molecule has 4 aromatic rings. The van der Waals surface area contributed by atoms with Crippen LogP contribution in [0.5, 0.6) is 5.75 Å². The summed E-state index contributed by atoms with van der Waals surface area (Å²) in [6.45, 7) is 4.40. The fourth-order valence-electron chi connectivity index (χ4n) is 3.01. The van der Waals surface area contributed by atoms with E-state index in [1.807, 2.05) is 42.5 Å². The van der Waals surface area contributed by atoms with Crippen LogP contribution >= 0.6 is 0 Å². The van der Waals surface area contributed by atoms with Crippen molar-refractivity contribution in [1.29, 1.82) is 0 Å². The summed E-state index contributed by atoms with van der Waals surface area (Å²) in [5, 5.41) is 1.13. The molecular weight excluding hydrogens is 322 g/mol. The molecular formula is C22H19N3O. The summed E-state index contributed by atoms with van der Waals surface area (Å²) in [7, 11) is 0. The minimum Gasteiger partial charge on any atom is -0.489 e. The predicted molar refractivity (Wildman–Crippen MR) is 104 cm³/mol. The van der Waals surface area contributed by atoms with E-state index in [0.29, 0.717) is 12.6 Å². The molecule has 4 nitrogen and oxygen atoms in total. The van der Waals surface area contributed by atoms with Crippen LogP contribution in [0.25, 0.3) is 16.9 Å². The Kier molecular flexibility index (Phi) is 4.48. The molecule has 0 atom stereocenters. The van der Waals surface area contributed by atoms with Gasteiger partial charge < -0.3 is 4.74 Å². The molecule has 0 aliphatic rings. The van der Waals surface area contributed by atoms with Crippen molar-refractivity contribution in [1.82, 2.24) is 14.5 Å². The Hall–Kier alpha value is -3.40. The van der Waals surface area contributed by atoms with E-state index in [4.69, 9.17) is 4.74 Å². The number of hydrogen-bond acceptors (Lipinski definition) is 3. The molecule has 2 aromatic carbocycles. The van der Waals surface area contributed by atoms with Crippen molar-refractivity contribution in [3.05, 3.63) is 97.0 Å². The Morgan fingerprint density at radius 3 is 2.54 bits per heavy atom. The molecule has 0 spiro atoms. The van der Waals surface area contributed by atoms with Gasteiger partial charge in [0.15, 0.2) is 0 Å². The molecule has 0 radical (unpaired) electrons. The Morgan fingerprint density at radius 1 is 0.962 bits per heavy atom. The molecule has 0 saturated carbocycles. The summed E-state index contributed by atoms with van der Waals surface area (Å²) in [4.78, 5) is 8.83. The minimum atomic E-state index is 0.536. The Bertz CT molecular complexity index is 1020. The maximum atomic E-state index is 5.99. The topological polar surface area (TPSA) is 39.9 Å². The van der Waals surface area contributed by atoms with Crippen molar-refractivity contribution in [3.8, 4) is 11.7 Å². The summed E-state index contributed by atoms with van der Waals surface area (Å²) in [6, 6.07) is 20.2. The van der Waals surface area contributed by atoms with E-state index in [0.717, 1.165) is 34.3 Å². The van der Waals surface area contributed by atoms with Gasteiger partial charge in [0.2, 0.25) is 5.95 Å². The fourth-order valence-corrected chi connectivity index (χ4v) is 3.01. The molecule has 4 heteroatoms. The summed E-state index contributed by atoms with van der Waals surface area (Å²) >= 11 is 0. The van der Waals surface area contributed by atoms with Crippen LogP contribution in [0.1, 0.15) is 11.3 Å². The van der Waals surface area contributed by atoms with Gasteiger partial charge >= 0.3 is 0 Å². The number of nitrogens with zero attached hydrogens (tertiary/aromatic N) is 3. The van der Waals surface area contributed by atoms with E-state index >= 15 is 0 Å². The van der Waals surface area contributed by atoms with Crippen LogP contribution in [-0.4, -0.2) is 14.5 Å². The van der Waals surface area contributed by atoms with Crippen LogP contribution in [0, 0.1) is 0 Å². The first-order valence-electron chi connectivity index (χ1n) is 8.54. The van der Waals surface area contributed by atoms with Crippen LogP contribution in [0.2, 0.25) is 0 Å². The fraction of sp³-hybridized carbons (Fsp3) is 0.0909. The highest BCUT2D eigenvalue weighted by molar-refractivity contribution is 5.84. The number of benzene rings is 2. The zero-order valence-electron chi connectivity index (χ0n) is 14.4. The van der Waals surface area contributed by atoms with E-state index in [9.17, 15) is 0 Å². The average Bonchev–Trinajstić information content (AvgIpc) is 3.05. The van der Waals surface area contributed by atoms with Crippen LogP contribution < -0.4 is 4.74 Å². The molecule has 0 amide bonds. The van der Waals surface area contributed by atoms with Crippen LogP contribution in [-0.2, 0) is 13.0 Å². The van der Waals surface area contributed by atoms with Crippen molar-refractivity contribution < 1.29 is 4.74 Å². The third kappa shape index (κ3) is 3.22. The van der Waals surface area contributed by atoms with Gasteiger partial charge in [-0.3, -0.25) is 4.57 Å². The Balaban J connectivity index is 1.73. The molecule has 26 heavy (non-hydrogen) atoms. The van der Waals surface area contributed by atoms with Crippen molar-refractivity contribution >= 4 is 10.9 Å². The van der Waals surface area contributed by atoms with Crippen molar-refractivity contribution in [2.75, 3.05) is 0 Å². The zero-order chi connectivity index (χ0) is 17.8. The summed E-state index contributed by atoms with van der Waals surface area (Å²) in [5.74, 6) is 1.47. The largest absolute Gasteiger partial charge is 0.489 e. The molecule has 0 unspecified atom stereocenters. The third-order valence-electron chi connectivity index (χ3n) is 4.21. The number of fused-ring (bicyclic) bond motifs is 1. The summed E-state index contributed by atoms with van der Waals surface area (Å²) in [5.41, 5.74) is 3.27. The predicted octanol–water partition coefficient (Wildman–Crippen LogP) is 4.73. The maximum Gasteiger partial charge on any atom is 0.234 e. The third-order valence-corrected chi connectivity index (χ3v) is 4.21. The molecule has 4 rings (SSSR count). The molecule has 0 aliphatic heterocycles. The first-order chi connectivity index (χ1) is 12.8. The number of hydrogen-bond donors (Lipinski definition) is 0. The van der Waals surface area contributed by atoms with Gasteiger partial charge in [-0.15, -0.1) is 6.58 Å². The van der Waals surface area contributed by atoms with Gasteiger partial charge in [0, 0.05) is 36.0 Å². The number of allylic oxidation sites excluding steroid dienone is 1. The van der Waals surface area contributed by atoms with Gasteiger partial charge in [-0.25, -0.2) is 9.97 Å². The second kappa shape index (κ2) is 7.23. The highest BCUT2D eigenvalue weighted by atomic mass is 16.5. The van der Waals surface area contributed by atoms with Gasteiger partial charge in [-0.1, -0.05) is 36.4 Å². The Labute approximate surface area is 152 Å². The van der Waals surface area contributed by atoms with Gasteiger partial charge in [0.05, 0.1) is 5.52 Å². The molecule has 0 N–H and O–H groups in total. The SMILES string of the molecule is C=CCc1cc2ccc(OCc3ccccc3)cc2n1-c1ncccn1. The Morgan fingerprint density at radius 2 is 1.77 bits per heavy atom. The second-order valence-electron chi connectivity index (χ2n) is 6.01. The number of ether oxygens (including phenoxy) is 1. The van der Waals surface area contributed by atoms with Gasteiger partial charge in [-0.2, -0.15) is 0 Å². The molecule has 2 heterocycles. The minimum absolute atomic E-state index is 0.536. The van der Waals surface area contributed by atoms with Crippen molar-refractivity contribution in [2.45, 2.75) is 13.0 Å². The van der Waals surface area contributed by atoms with E-state index in [1.165, 1.54) is 0 Å². The van der Waals surface area contributed by atoms with Crippen LogP contribution in [0.15, 0.2) is 85.7 Å². The lowest BCUT2D eigenvalue weighted by Crippen LogP contribution is -2.04. The molecule has 0 aliphatic carbocycles. The smallest absolute Gasteiger partial charge is 0.234 e. The van der Waals surface area contributed by atoms with Gasteiger partial charge in [0.1, 0.15) is 12.4 Å². The van der Waals surface area contributed by atoms with Crippen molar-refractivity contribution in [2.24, 2.45) is 0 Å². The van der Waals surface area contributed by atoms with Crippen LogP contribution in [0.4, 0.5) is 0 Å². The van der Waals surface area contributed by atoms with Gasteiger partial charge in [0.25, 0.3) is 0 Å². The molecule has 2 aromatic heterocycles. The maximum absolute atomic E-state index is 5.99. The lowest BCUT2D eigenvalue weighted by Gasteiger charge is -2.09. The summed E-state index contributed by atoms with van der Waals surface area (Å²) < 4.78 is 8.05. The highest BCUT2D eigenvalue weighted by Gasteiger charge is 2.12. The highest BCUT2D eigenvalue weighted by Crippen LogP contribution is 2.27. The monoisotopic (exact) mass is 341 g/mol. The van der Waals surface area contributed by atoms with Crippen LogP contribution in [0.3, 0.4) is 0 Å². The van der Waals surface area contributed by atoms with E-state index in [1.54, 1.807) is 12.4 Å². The lowest BCUT2D eigenvalue weighted by molar-refractivity contribution is 0.306. The normalized spacial score (nSPS) is 10.8. The number of aromatic nitrogens is 3. The quantitative estimate of drug-likeness (QED) is 0.476. The average molecular weight is 341 g/mol. The summed E-state index contributed by atoms with van der Waals surface area (Å²) in [6.07, 6.45) is 6.14. The lowest BCUT2D eigenvalue weighted by atomic mass is 10.2. The number of rotatable bonds is 6. The molecule has 0 saturated heterocycles. The first-order valence-corrected chi connectivity index (χ1v) is 8.54. The van der Waals surface area contributed by atoms with E-state index in [2.05, 4.69) is 45.4 Å². The van der Waals surface area contributed by atoms with E-state index in [-0.39, 0.29) is 0 Å². The standard InChI is InChI=1S/C22H19N3O/c1-2-7-19-14-18-10-11-20(26-16-17-8-4-3-5-9-17)15-21(18)25(19)22-23-12-6-13-24-22/h2-6,8-15H,1,7,16H2. The first kappa shape index (κ1) is 16.1. The molecule has 0 fully saturated rings. The van der Waals surface area contributed by atoms with Gasteiger partial charge in [-0.05, 0) is 29.8 Å². The second-order valence-corrected chi connectivity index (χ2v) is 6.01. The molecule has 128 valence electrons.